The summed E-state index contributed by atoms with van der Waals surface area (Å²) in [6.07, 6.45) is 0. The van der Waals surface area contributed by atoms with Gasteiger partial charge in [-0.1, -0.05) is 133 Å². The molecule has 2 nitrogen and oxygen atoms in total. The standard InChI is InChI=1S/C42H25BN2S2/c1-3-13-26(14-4-1)28-25-29(27-15-5-2-6-16-27)40-38-39(28)44-32-19-7-9-21-34(32)46-36-23-11-17-30(41(36)44)43(38)31-18-12-24-37-42(31)45(40)33-20-8-10-22-35(33)47-37/h1-25H. The molecule has 0 amide bonds. The molecule has 5 heteroatoms. The van der Waals surface area contributed by atoms with Gasteiger partial charge in [0.15, 0.2) is 0 Å². The summed E-state index contributed by atoms with van der Waals surface area (Å²) in [6, 6.07) is 56.3. The van der Waals surface area contributed by atoms with Crippen LogP contribution in [0.1, 0.15) is 0 Å². The van der Waals surface area contributed by atoms with Gasteiger partial charge < -0.3 is 9.80 Å². The minimum atomic E-state index is 0.0836. The maximum atomic E-state index is 2.60. The maximum absolute atomic E-state index is 2.60. The highest BCUT2D eigenvalue weighted by atomic mass is 32.2. The van der Waals surface area contributed by atoms with Gasteiger partial charge in [0, 0.05) is 30.7 Å². The van der Waals surface area contributed by atoms with Crippen molar-refractivity contribution in [1.82, 2.24) is 0 Å². The van der Waals surface area contributed by atoms with Crippen molar-refractivity contribution in [1.29, 1.82) is 0 Å². The molecule has 7 aromatic carbocycles. The van der Waals surface area contributed by atoms with E-state index in [0.717, 1.165) is 0 Å². The Kier molecular flexibility index (Phi) is 5.38. The van der Waals surface area contributed by atoms with Gasteiger partial charge in [-0.3, -0.25) is 0 Å². The van der Waals surface area contributed by atoms with Crippen LogP contribution in [0.2, 0.25) is 0 Å². The summed E-state index contributed by atoms with van der Waals surface area (Å²) in [7, 11) is 0. The van der Waals surface area contributed by atoms with E-state index in [1.165, 1.54) is 92.3 Å². The lowest BCUT2D eigenvalue weighted by molar-refractivity contribution is 1.15. The van der Waals surface area contributed by atoms with Crippen LogP contribution in [-0.2, 0) is 0 Å². The molecule has 11 rings (SSSR count). The zero-order valence-corrected chi connectivity index (χ0v) is 26.9. The second-order valence-electron chi connectivity index (χ2n) is 12.4. The number of hydrogen-bond acceptors (Lipinski definition) is 4. The number of rotatable bonds is 2. The van der Waals surface area contributed by atoms with Crippen molar-refractivity contribution >= 4 is 80.7 Å². The van der Waals surface area contributed by atoms with Crippen LogP contribution < -0.4 is 26.2 Å². The summed E-state index contributed by atoms with van der Waals surface area (Å²) in [5.41, 5.74) is 16.8. The highest BCUT2D eigenvalue weighted by Crippen LogP contribution is 2.59. The first-order chi connectivity index (χ1) is 23.3. The fourth-order valence-electron chi connectivity index (χ4n) is 8.18. The molecule has 4 heterocycles. The minimum Gasteiger partial charge on any atom is -0.309 e. The van der Waals surface area contributed by atoms with E-state index >= 15 is 0 Å². The fourth-order valence-corrected chi connectivity index (χ4v) is 10.4. The predicted octanol–water partition coefficient (Wildman–Crippen LogP) is 10.0. The highest BCUT2D eigenvalue weighted by Gasteiger charge is 2.48. The molecule has 4 aliphatic rings. The monoisotopic (exact) mass is 632 g/mol. The topological polar surface area (TPSA) is 6.48 Å². The fraction of sp³-hybridized carbons (Fsp3) is 0. The largest absolute Gasteiger partial charge is 0.309 e. The van der Waals surface area contributed by atoms with E-state index in [9.17, 15) is 0 Å². The highest BCUT2D eigenvalue weighted by molar-refractivity contribution is 8.00. The van der Waals surface area contributed by atoms with Crippen molar-refractivity contribution in [3.63, 3.8) is 0 Å². The van der Waals surface area contributed by atoms with E-state index in [1.807, 2.05) is 23.5 Å². The molecule has 0 atom stereocenters. The molecule has 0 aliphatic carbocycles. The molecule has 0 saturated heterocycles. The molecule has 47 heavy (non-hydrogen) atoms. The Morgan fingerprint density at radius 2 is 0.809 bits per heavy atom. The van der Waals surface area contributed by atoms with Crippen molar-refractivity contribution in [2.45, 2.75) is 19.6 Å². The van der Waals surface area contributed by atoms with Crippen molar-refractivity contribution in [2.24, 2.45) is 0 Å². The van der Waals surface area contributed by atoms with Crippen molar-refractivity contribution in [3.8, 4) is 22.3 Å². The number of nitrogens with zero attached hydrogens (tertiary/aromatic N) is 2. The Labute approximate surface area is 282 Å². The summed E-state index contributed by atoms with van der Waals surface area (Å²) >= 11 is 3.79. The average Bonchev–Trinajstić information content (AvgIpc) is 3.14. The van der Waals surface area contributed by atoms with Gasteiger partial charge in [-0.2, -0.15) is 0 Å². The third-order valence-corrected chi connectivity index (χ3v) is 12.2. The first-order valence-corrected chi connectivity index (χ1v) is 17.7. The average molecular weight is 633 g/mol. The normalized spacial score (nSPS) is 14.1. The van der Waals surface area contributed by atoms with Crippen LogP contribution in [0.3, 0.4) is 0 Å². The summed E-state index contributed by atoms with van der Waals surface area (Å²) in [5, 5.41) is 0. The third kappa shape index (κ3) is 3.51. The van der Waals surface area contributed by atoms with Gasteiger partial charge in [0.1, 0.15) is 0 Å². The number of anilines is 6. The predicted molar refractivity (Wildman–Crippen MR) is 200 cm³/mol. The Balaban J connectivity index is 1.37. The van der Waals surface area contributed by atoms with Crippen molar-refractivity contribution < 1.29 is 0 Å². The van der Waals surface area contributed by atoms with Crippen LogP contribution in [0, 0.1) is 0 Å². The molecule has 0 unspecified atom stereocenters. The van der Waals surface area contributed by atoms with Gasteiger partial charge in [-0.25, -0.2) is 0 Å². The first kappa shape index (κ1) is 26.0. The van der Waals surface area contributed by atoms with Gasteiger partial charge in [0.2, 0.25) is 0 Å². The van der Waals surface area contributed by atoms with E-state index in [2.05, 4.69) is 161 Å². The van der Waals surface area contributed by atoms with E-state index in [-0.39, 0.29) is 6.71 Å². The molecule has 0 radical (unpaired) electrons. The second kappa shape index (κ2) is 9.71. The number of fused-ring (bicyclic) bond motifs is 8. The lowest BCUT2D eigenvalue weighted by Crippen LogP contribution is -2.62. The molecule has 0 fully saturated rings. The van der Waals surface area contributed by atoms with Crippen LogP contribution in [-0.4, -0.2) is 6.71 Å². The SMILES string of the molecule is c1ccc(-c2cc(-c3ccccc3)c3c4c2N2c5ccccc5Sc5cccc(c52)B4c2cccc4c2N3c2ccccc2S4)cc1. The molecule has 7 aromatic rings. The maximum Gasteiger partial charge on any atom is 0.252 e. The van der Waals surface area contributed by atoms with E-state index in [4.69, 9.17) is 0 Å². The second-order valence-corrected chi connectivity index (χ2v) is 14.6. The Morgan fingerprint density at radius 1 is 0.383 bits per heavy atom. The first-order valence-electron chi connectivity index (χ1n) is 16.1. The molecule has 0 N–H and O–H groups in total. The van der Waals surface area contributed by atoms with Crippen LogP contribution in [0.4, 0.5) is 34.1 Å². The van der Waals surface area contributed by atoms with Gasteiger partial charge in [0.25, 0.3) is 6.71 Å². The summed E-state index contributed by atoms with van der Waals surface area (Å²) in [6.45, 7) is 0.0836. The molecular weight excluding hydrogens is 607 g/mol. The molecule has 0 saturated carbocycles. The molecule has 218 valence electrons. The van der Waals surface area contributed by atoms with E-state index in [1.54, 1.807) is 0 Å². The Bertz CT molecular complexity index is 2280. The zero-order chi connectivity index (χ0) is 30.6. The smallest absolute Gasteiger partial charge is 0.252 e. The quantitative estimate of drug-likeness (QED) is 0.175. The van der Waals surface area contributed by atoms with Crippen molar-refractivity contribution in [3.05, 3.63) is 152 Å². The number of hydrogen-bond donors (Lipinski definition) is 0. The molecular formula is C42H25BN2S2. The van der Waals surface area contributed by atoms with Gasteiger partial charge in [0.05, 0.1) is 34.1 Å². The molecule has 4 aliphatic heterocycles. The third-order valence-electron chi connectivity index (χ3n) is 10.00. The zero-order valence-electron chi connectivity index (χ0n) is 25.2. The van der Waals surface area contributed by atoms with E-state index in [0.29, 0.717) is 0 Å². The van der Waals surface area contributed by atoms with Gasteiger partial charge in [-0.05, 0) is 70.0 Å². The van der Waals surface area contributed by atoms with Crippen molar-refractivity contribution in [2.75, 3.05) is 9.80 Å². The van der Waals surface area contributed by atoms with Crippen LogP contribution >= 0.6 is 23.5 Å². The number of benzene rings is 7. The van der Waals surface area contributed by atoms with Crippen LogP contribution in [0.5, 0.6) is 0 Å². The Hall–Kier alpha value is -5.10. The lowest BCUT2D eigenvalue weighted by atomic mass is 9.33. The van der Waals surface area contributed by atoms with Crippen LogP contribution in [0.15, 0.2) is 171 Å². The summed E-state index contributed by atoms with van der Waals surface area (Å²) < 4.78 is 0. The van der Waals surface area contributed by atoms with Gasteiger partial charge >= 0.3 is 0 Å². The Morgan fingerprint density at radius 3 is 1.30 bits per heavy atom. The summed E-state index contributed by atoms with van der Waals surface area (Å²) in [4.78, 5) is 10.4. The van der Waals surface area contributed by atoms with E-state index < -0.39 is 0 Å². The molecule has 0 bridgehead atoms. The van der Waals surface area contributed by atoms with Crippen LogP contribution in [0.25, 0.3) is 22.3 Å². The summed E-state index contributed by atoms with van der Waals surface area (Å²) in [5.74, 6) is 0. The minimum absolute atomic E-state index is 0.0836. The molecule has 0 aromatic heterocycles. The number of para-hydroxylation sites is 4. The van der Waals surface area contributed by atoms with Gasteiger partial charge in [-0.15, -0.1) is 0 Å². The lowest BCUT2D eigenvalue weighted by Gasteiger charge is -2.49. The molecule has 0 spiro atoms.